The number of benzene rings is 1. The Morgan fingerprint density at radius 2 is 1.96 bits per heavy atom. The second-order valence-corrected chi connectivity index (χ2v) is 9.07. The number of thioether (sulfide) groups is 1. The number of piperidine rings is 1. The van der Waals surface area contributed by atoms with E-state index in [0.717, 1.165) is 49.5 Å². The maximum absolute atomic E-state index is 12.9. The summed E-state index contributed by atoms with van der Waals surface area (Å²) in [6, 6.07) is 14.1. The molecular formula is C22H28ClN3OS. The van der Waals surface area contributed by atoms with Crippen molar-refractivity contribution in [3.8, 4) is 0 Å². The van der Waals surface area contributed by atoms with Crippen LogP contribution in [0.5, 0.6) is 0 Å². The quantitative estimate of drug-likeness (QED) is 0.626. The Hall–Kier alpha value is -1.56. The number of carbonyl (C=O) groups excluding carboxylic acids is 1. The van der Waals surface area contributed by atoms with Crippen LogP contribution in [0.25, 0.3) is 0 Å². The standard InChI is InChI=1S/C22H28ClN3OS/c1-17(28-21-9-4-3-8-20(21)23)22(27)25(2)19-11-15-26(16-12-19)14-10-18-7-5-6-13-24-18/h3-9,13,17,19H,10-12,14-16H2,1-2H3. The highest BCUT2D eigenvalue weighted by atomic mass is 35.5. The zero-order valence-electron chi connectivity index (χ0n) is 16.6. The third-order valence-corrected chi connectivity index (χ3v) is 6.96. The van der Waals surface area contributed by atoms with Gasteiger partial charge in [-0.2, -0.15) is 0 Å². The number of hydrogen-bond donors (Lipinski definition) is 0. The molecule has 0 saturated carbocycles. The van der Waals surface area contributed by atoms with Crippen LogP contribution in [0.3, 0.4) is 0 Å². The minimum Gasteiger partial charge on any atom is -0.342 e. The predicted molar refractivity (Wildman–Crippen MR) is 117 cm³/mol. The van der Waals surface area contributed by atoms with E-state index in [1.54, 1.807) is 0 Å². The van der Waals surface area contributed by atoms with Gasteiger partial charge in [0, 0.05) is 55.9 Å². The van der Waals surface area contributed by atoms with Crippen LogP contribution < -0.4 is 0 Å². The van der Waals surface area contributed by atoms with E-state index in [1.807, 2.05) is 61.5 Å². The van der Waals surface area contributed by atoms with Crippen LogP contribution in [0, 0.1) is 0 Å². The Bertz CT molecular complexity index is 765. The summed E-state index contributed by atoms with van der Waals surface area (Å²) in [5.41, 5.74) is 1.14. The highest BCUT2D eigenvalue weighted by Crippen LogP contribution is 2.31. The van der Waals surface area contributed by atoms with Gasteiger partial charge in [0.05, 0.1) is 10.3 Å². The van der Waals surface area contributed by atoms with Gasteiger partial charge in [0.2, 0.25) is 5.91 Å². The molecule has 1 aromatic carbocycles. The SMILES string of the molecule is CC(Sc1ccccc1Cl)C(=O)N(C)C1CCN(CCc2ccccn2)CC1. The van der Waals surface area contributed by atoms with Gasteiger partial charge >= 0.3 is 0 Å². The minimum atomic E-state index is -0.146. The molecule has 1 aliphatic rings. The highest BCUT2D eigenvalue weighted by Gasteiger charge is 2.28. The van der Waals surface area contributed by atoms with Crippen LogP contribution in [0.15, 0.2) is 53.6 Å². The topological polar surface area (TPSA) is 36.4 Å². The normalized spacial score (nSPS) is 16.7. The van der Waals surface area contributed by atoms with Crippen molar-refractivity contribution in [1.29, 1.82) is 0 Å². The first-order chi connectivity index (χ1) is 13.5. The summed E-state index contributed by atoms with van der Waals surface area (Å²) < 4.78 is 0. The third-order valence-electron chi connectivity index (χ3n) is 5.35. The van der Waals surface area contributed by atoms with Crippen molar-refractivity contribution in [3.05, 3.63) is 59.4 Å². The Morgan fingerprint density at radius 1 is 1.25 bits per heavy atom. The van der Waals surface area contributed by atoms with Gasteiger partial charge in [0.1, 0.15) is 0 Å². The summed E-state index contributed by atoms with van der Waals surface area (Å²) in [5.74, 6) is 0.178. The molecule has 4 nitrogen and oxygen atoms in total. The molecule has 150 valence electrons. The summed E-state index contributed by atoms with van der Waals surface area (Å²) >= 11 is 7.77. The Morgan fingerprint density at radius 3 is 2.64 bits per heavy atom. The van der Waals surface area contributed by atoms with E-state index in [0.29, 0.717) is 11.1 Å². The van der Waals surface area contributed by atoms with E-state index in [4.69, 9.17) is 11.6 Å². The molecule has 3 rings (SSSR count). The second-order valence-electron chi connectivity index (χ2n) is 7.28. The van der Waals surface area contributed by atoms with E-state index < -0.39 is 0 Å². The molecule has 0 bridgehead atoms. The number of rotatable bonds is 7. The number of halogens is 1. The van der Waals surface area contributed by atoms with Gasteiger partial charge in [-0.25, -0.2) is 0 Å². The number of likely N-dealkylation sites (tertiary alicyclic amines) is 1. The number of hydrogen-bond acceptors (Lipinski definition) is 4. The van der Waals surface area contributed by atoms with Gasteiger partial charge < -0.3 is 9.80 Å². The van der Waals surface area contributed by atoms with Gasteiger partial charge in [-0.05, 0) is 44.0 Å². The van der Waals surface area contributed by atoms with Gasteiger partial charge in [-0.3, -0.25) is 9.78 Å². The predicted octanol–water partition coefficient (Wildman–Crippen LogP) is 4.38. The fraction of sp³-hybridized carbons (Fsp3) is 0.455. The molecule has 1 saturated heterocycles. The van der Waals surface area contributed by atoms with Crippen molar-refractivity contribution in [2.75, 3.05) is 26.7 Å². The molecule has 2 heterocycles. The zero-order valence-corrected chi connectivity index (χ0v) is 18.1. The Balaban J connectivity index is 1.45. The second kappa shape index (κ2) is 10.3. The molecule has 1 atom stereocenters. The van der Waals surface area contributed by atoms with Gasteiger partial charge in [0.25, 0.3) is 0 Å². The van der Waals surface area contributed by atoms with Crippen molar-refractivity contribution in [1.82, 2.24) is 14.8 Å². The molecule has 6 heteroatoms. The van der Waals surface area contributed by atoms with E-state index in [9.17, 15) is 4.79 Å². The lowest BCUT2D eigenvalue weighted by Gasteiger charge is -2.37. The van der Waals surface area contributed by atoms with Crippen molar-refractivity contribution in [2.24, 2.45) is 0 Å². The minimum absolute atomic E-state index is 0.146. The van der Waals surface area contributed by atoms with Gasteiger partial charge in [-0.1, -0.05) is 29.8 Å². The average molecular weight is 418 g/mol. The summed E-state index contributed by atoms with van der Waals surface area (Å²) in [4.78, 5) is 22.7. The number of pyridine rings is 1. The van der Waals surface area contributed by atoms with E-state index >= 15 is 0 Å². The van der Waals surface area contributed by atoms with Crippen LogP contribution in [-0.4, -0.2) is 58.7 Å². The summed E-state index contributed by atoms with van der Waals surface area (Å²) in [6.07, 6.45) is 4.87. The monoisotopic (exact) mass is 417 g/mol. The summed E-state index contributed by atoms with van der Waals surface area (Å²) in [7, 11) is 1.94. The smallest absolute Gasteiger partial charge is 0.235 e. The van der Waals surface area contributed by atoms with E-state index in [2.05, 4.69) is 16.0 Å². The molecular weight excluding hydrogens is 390 g/mol. The highest BCUT2D eigenvalue weighted by molar-refractivity contribution is 8.00. The van der Waals surface area contributed by atoms with Crippen LogP contribution in [-0.2, 0) is 11.2 Å². The lowest BCUT2D eigenvalue weighted by atomic mass is 10.0. The molecule has 0 aliphatic carbocycles. The van der Waals surface area contributed by atoms with E-state index in [-0.39, 0.29) is 11.2 Å². The maximum atomic E-state index is 12.9. The molecule has 0 radical (unpaired) electrons. The molecule has 1 amide bonds. The van der Waals surface area contributed by atoms with E-state index in [1.165, 1.54) is 11.8 Å². The van der Waals surface area contributed by atoms with Crippen LogP contribution in [0.1, 0.15) is 25.5 Å². The van der Waals surface area contributed by atoms with Crippen molar-refractivity contribution in [3.63, 3.8) is 0 Å². The van der Waals surface area contributed by atoms with Crippen molar-refractivity contribution >= 4 is 29.3 Å². The zero-order chi connectivity index (χ0) is 19.9. The fourth-order valence-electron chi connectivity index (χ4n) is 3.60. The van der Waals surface area contributed by atoms with Gasteiger partial charge in [-0.15, -0.1) is 11.8 Å². The number of aromatic nitrogens is 1. The molecule has 0 N–H and O–H groups in total. The first-order valence-electron chi connectivity index (χ1n) is 9.84. The molecule has 1 aliphatic heterocycles. The molecule has 1 aromatic heterocycles. The molecule has 0 spiro atoms. The molecule has 1 unspecified atom stereocenters. The van der Waals surface area contributed by atoms with Gasteiger partial charge in [0.15, 0.2) is 0 Å². The summed E-state index contributed by atoms with van der Waals surface area (Å²) in [5, 5.41) is 0.558. The van der Waals surface area contributed by atoms with Crippen LogP contribution in [0.4, 0.5) is 0 Å². The van der Waals surface area contributed by atoms with Crippen LogP contribution >= 0.6 is 23.4 Å². The third kappa shape index (κ3) is 5.72. The van der Waals surface area contributed by atoms with Crippen molar-refractivity contribution in [2.45, 2.75) is 42.4 Å². The lowest BCUT2D eigenvalue weighted by Crippen LogP contribution is -2.47. The fourth-order valence-corrected chi connectivity index (χ4v) is 4.85. The molecule has 28 heavy (non-hydrogen) atoms. The first kappa shape index (κ1) is 21.2. The van der Waals surface area contributed by atoms with Crippen molar-refractivity contribution < 1.29 is 4.79 Å². The Kier molecular flexibility index (Phi) is 7.77. The maximum Gasteiger partial charge on any atom is 0.235 e. The first-order valence-corrected chi connectivity index (χ1v) is 11.1. The molecule has 1 fully saturated rings. The van der Waals surface area contributed by atoms with Crippen LogP contribution in [0.2, 0.25) is 5.02 Å². The average Bonchev–Trinajstić information content (AvgIpc) is 2.74. The largest absolute Gasteiger partial charge is 0.342 e. The number of nitrogens with zero attached hydrogens (tertiary/aromatic N) is 3. The summed E-state index contributed by atoms with van der Waals surface area (Å²) in [6.45, 7) is 5.05. The lowest BCUT2D eigenvalue weighted by molar-refractivity contribution is -0.131. The number of amides is 1. The number of carbonyl (C=O) groups is 1. The molecule has 2 aromatic rings. The Labute approximate surface area is 177 Å².